The smallest absolute Gasteiger partial charge is 0.224 e. The van der Waals surface area contributed by atoms with Crippen molar-refractivity contribution >= 4 is 46.3 Å². The number of aromatic nitrogens is 2. The number of hydrogen-bond donors (Lipinski definition) is 0. The highest BCUT2D eigenvalue weighted by atomic mass is 35.5. The minimum Gasteiger partial charge on any atom is -0.368 e. The molecule has 110 valence electrons. The molecular formula is C14H13Cl3N4. The summed E-state index contributed by atoms with van der Waals surface area (Å²) in [6, 6.07) is 7.89. The van der Waals surface area contributed by atoms with Crippen LogP contribution in [0.25, 0.3) is 0 Å². The van der Waals surface area contributed by atoms with Gasteiger partial charge in [-0.25, -0.2) is 4.98 Å². The van der Waals surface area contributed by atoms with Gasteiger partial charge in [-0.3, -0.25) is 0 Å². The van der Waals surface area contributed by atoms with Crippen molar-refractivity contribution in [2.24, 2.45) is 0 Å². The van der Waals surface area contributed by atoms with Gasteiger partial charge in [-0.2, -0.15) is 4.98 Å². The molecule has 3 rings (SSSR count). The predicted octanol–water partition coefficient (Wildman–Crippen LogP) is 3.76. The second-order valence-corrected chi connectivity index (χ2v) is 5.95. The SMILES string of the molecule is Clc1cccc(N2CCN(c3nc(Cl)ncc3Cl)CC2)c1. The lowest BCUT2D eigenvalue weighted by molar-refractivity contribution is 0.647. The zero-order valence-electron chi connectivity index (χ0n) is 11.1. The monoisotopic (exact) mass is 342 g/mol. The van der Waals surface area contributed by atoms with Crippen LogP contribution in [0, 0.1) is 0 Å². The van der Waals surface area contributed by atoms with Crippen molar-refractivity contribution in [1.82, 2.24) is 9.97 Å². The minimum atomic E-state index is 0.215. The number of hydrogen-bond acceptors (Lipinski definition) is 4. The first-order valence-electron chi connectivity index (χ1n) is 6.57. The van der Waals surface area contributed by atoms with E-state index in [1.54, 1.807) is 0 Å². The van der Waals surface area contributed by atoms with E-state index in [2.05, 4.69) is 25.8 Å². The van der Waals surface area contributed by atoms with Crippen molar-refractivity contribution in [3.05, 3.63) is 45.8 Å². The number of halogens is 3. The molecule has 0 atom stereocenters. The molecule has 7 heteroatoms. The van der Waals surface area contributed by atoms with Crippen LogP contribution in [0.15, 0.2) is 30.5 Å². The van der Waals surface area contributed by atoms with Crippen LogP contribution in [0.4, 0.5) is 11.5 Å². The van der Waals surface area contributed by atoms with Crippen LogP contribution in [0.3, 0.4) is 0 Å². The Hall–Kier alpha value is -1.23. The van der Waals surface area contributed by atoms with Gasteiger partial charge in [-0.05, 0) is 29.8 Å². The van der Waals surface area contributed by atoms with Crippen LogP contribution in [0.5, 0.6) is 0 Å². The third kappa shape index (κ3) is 3.34. The number of rotatable bonds is 2. The molecule has 2 heterocycles. The fraction of sp³-hybridized carbons (Fsp3) is 0.286. The number of nitrogens with zero attached hydrogens (tertiary/aromatic N) is 4. The van der Waals surface area contributed by atoms with E-state index >= 15 is 0 Å². The van der Waals surface area contributed by atoms with E-state index in [-0.39, 0.29) is 5.28 Å². The molecule has 2 aromatic rings. The van der Waals surface area contributed by atoms with Gasteiger partial charge in [0.05, 0.1) is 6.20 Å². The molecule has 4 nitrogen and oxygen atoms in total. The van der Waals surface area contributed by atoms with Crippen molar-refractivity contribution < 1.29 is 0 Å². The maximum atomic E-state index is 6.15. The Bertz CT molecular complexity index is 642. The largest absolute Gasteiger partial charge is 0.368 e. The molecule has 1 aliphatic rings. The Morgan fingerprint density at radius 2 is 1.67 bits per heavy atom. The molecule has 0 spiro atoms. The first-order valence-corrected chi connectivity index (χ1v) is 7.70. The van der Waals surface area contributed by atoms with Crippen molar-refractivity contribution in [2.75, 3.05) is 36.0 Å². The Morgan fingerprint density at radius 1 is 0.952 bits per heavy atom. The Morgan fingerprint density at radius 3 is 2.38 bits per heavy atom. The molecule has 1 aromatic heterocycles. The van der Waals surface area contributed by atoms with Crippen LogP contribution in [0.1, 0.15) is 0 Å². The van der Waals surface area contributed by atoms with Gasteiger partial charge in [0.25, 0.3) is 0 Å². The van der Waals surface area contributed by atoms with E-state index in [4.69, 9.17) is 34.8 Å². The summed E-state index contributed by atoms with van der Waals surface area (Å²) in [5, 5.41) is 1.49. The first-order chi connectivity index (χ1) is 10.1. The molecule has 0 N–H and O–H groups in total. The van der Waals surface area contributed by atoms with Crippen LogP contribution in [0.2, 0.25) is 15.3 Å². The van der Waals surface area contributed by atoms with Crippen LogP contribution < -0.4 is 9.80 Å². The molecule has 21 heavy (non-hydrogen) atoms. The summed E-state index contributed by atoms with van der Waals surface area (Å²) < 4.78 is 0. The van der Waals surface area contributed by atoms with Gasteiger partial charge in [-0.1, -0.05) is 29.3 Å². The van der Waals surface area contributed by atoms with E-state index in [1.165, 1.54) is 6.20 Å². The topological polar surface area (TPSA) is 32.3 Å². The van der Waals surface area contributed by atoms with E-state index < -0.39 is 0 Å². The standard InChI is InChI=1S/C14H13Cl3N4/c15-10-2-1-3-11(8-10)20-4-6-21(7-5-20)13-12(16)9-18-14(17)19-13/h1-3,8-9H,4-7H2. The average Bonchev–Trinajstić information content (AvgIpc) is 2.50. The lowest BCUT2D eigenvalue weighted by atomic mass is 10.2. The Labute approximate surface area is 138 Å². The Balaban J connectivity index is 1.72. The van der Waals surface area contributed by atoms with Crippen LogP contribution in [-0.4, -0.2) is 36.1 Å². The summed E-state index contributed by atoms with van der Waals surface area (Å²) in [5.74, 6) is 0.697. The summed E-state index contributed by atoms with van der Waals surface area (Å²) in [7, 11) is 0. The highest BCUT2D eigenvalue weighted by molar-refractivity contribution is 6.33. The van der Waals surface area contributed by atoms with Crippen molar-refractivity contribution in [3.63, 3.8) is 0 Å². The molecule has 1 saturated heterocycles. The molecule has 1 fully saturated rings. The molecule has 0 amide bonds. The lowest BCUT2D eigenvalue weighted by Crippen LogP contribution is -2.47. The van der Waals surface area contributed by atoms with Crippen LogP contribution in [-0.2, 0) is 0 Å². The van der Waals surface area contributed by atoms with Gasteiger partial charge < -0.3 is 9.80 Å². The summed E-state index contributed by atoms with van der Waals surface area (Å²) in [6.45, 7) is 3.38. The fourth-order valence-electron chi connectivity index (χ4n) is 2.41. The number of anilines is 2. The highest BCUT2D eigenvalue weighted by Gasteiger charge is 2.20. The number of piperazine rings is 1. The molecular weight excluding hydrogens is 331 g/mol. The third-order valence-corrected chi connectivity index (χ3v) is 4.13. The fourth-order valence-corrected chi connectivity index (χ4v) is 2.93. The molecule has 0 bridgehead atoms. The second-order valence-electron chi connectivity index (χ2n) is 4.76. The van der Waals surface area contributed by atoms with E-state index in [9.17, 15) is 0 Å². The highest BCUT2D eigenvalue weighted by Crippen LogP contribution is 2.26. The third-order valence-electron chi connectivity index (χ3n) is 3.45. The molecule has 0 saturated carbocycles. The number of benzene rings is 1. The van der Waals surface area contributed by atoms with Gasteiger partial charge in [0.15, 0.2) is 5.82 Å². The zero-order valence-corrected chi connectivity index (χ0v) is 13.4. The van der Waals surface area contributed by atoms with Gasteiger partial charge in [0, 0.05) is 36.9 Å². The summed E-state index contributed by atoms with van der Waals surface area (Å²) in [5.41, 5.74) is 1.13. The van der Waals surface area contributed by atoms with Crippen molar-refractivity contribution in [1.29, 1.82) is 0 Å². The summed E-state index contributed by atoms with van der Waals surface area (Å²) in [6.07, 6.45) is 1.54. The van der Waals surface area contributed by atoms with Gasteiger partial charge in [0.1, 0.15) is 5.02 Å². The maximum Gasteiger partial charge on any atom is 0.224 e. The first kappa shape index (κ1) is 14.7. The lowest BCUT2D eigenvalue weighted by Gasteiger charge is -2.37. The summed E-state index contributed by atoms with van der Waals surface area (Å²) >= 11 is 18.0. The van der Waals surface area contributed by atoms with Crippen molar-refractivity contribution in [3.8, 4) is 0 Å². The average molecular weight is 344 g/mol. The molecule has 0 aliphatic carbocycles. The minimum absolute atomic E-state index is 0.215. The second kappa shape index (κ2) is 6.26. The molecule has 0 radical (unpaired) electrons. The zero-order chi connectivity index (χ0) is 14.8. The van der Waals surface area contributed by atoms with E-state index in [1.807, 2.05) is 18.2 Å². The Kier molecular flexibility index (Phi) is 4.38. The van der Waals surface area contributed by atoms with Crippen LogP contribution >= 0.6 is 34.8 Å². The predicted molar refractivity (Wildman–Crippen MR) is 87.9 cm³/mol. The van der Waals surface area contributed by atoms with Gasteiger partial charge in [0.2, 0.25) is 5.28 Å². The molecule has 0 unspecified atom stereocenters. The van der Waals surface area contributed by atoms with E-state index in [0.717, 1.165) is 36.9 Å². The maximum absolute atomic E-state index is 6.15. The van der Waals surface area contributed by atoms with Gasteiger partial charge >= 0.3 is 0 Å². The summed E-state index contributed by atoms with van der Waals surface area (Å²) in [4.78, 5) is 12.5. The normalized spacial score (nSPS) is 15.4. The molecule has 1 aromatic carbocycles. The van der Waals surface area contributed by atoms with E-state index in [0.29, 0.717) is 10.8 Å². The van der Waals surface area contributed by atoms with Gasteiger partial charge in [-0.15, -0.1) is 0 Å². The molecule has 1 aliphatic heterocycles. The quantitative estimate of drug-likeness (QED) is 0.777. The van der Waals surface area contributed by atoms with Crippen molar-refractivity contribution in [2.45, 2.75) is 0 Å².